The third-order valence-corrected chi connectivity index (χ3v) is 8.50. The lowest BCUT2D eigenvalue weighted by molar-refractivity contribution is -0.192. The van der Waals surface area contributed by atoms with E-state index in [1.54, 1.807) is 12.1 Å². The molecule has 16 nitrogen and oxygen atoms in total. The fourth-order valence-electron chi connectivity index (χ4n) is 4.43. The number of anilines is 2. The summed E-state index contributed by atoms with van der Waals surface area (Å²) in [4.78, 5) is 70.5. The van der Waals surface area contributed by atoms with Crippen molar-refractivity contribution < 1.29 is 57.3 Å². The molecule has 0 spiro atoms. The predicted octanol–water partition coefficient (Wildman–Crippen LogP) is 1.04. The Balaban J connectivity index is 0.000000617. The SMILES string of the molecule is COc1ccc(N2CCC(=CC3=C(C(=O)O)N4C(=O)[C@@H](NC(=O)C(=NO)c5csc(N)n5)[C@H]4SC3)C2=O)cn1.O=C(O)C(F)(F)F. The first-order valence-electron chi connectivity index (χ1n) is 12.7. The second-order valence-electron chi connectivity index (χ2n) is 9.30. The molecule has 6 N–H and O–H groups in total. The second kappa shape index (κ2) is 13.4. The number of methoxy groups -OCH3 is 1. The van der Waals surface area contributed by atoms with E-state index in [4.69, 9.17) is 20.4 Å². The number of pyridine rings is 1. The van der Waals surface area contributed by atoms with Crippen LogP contribution < -0.4 is 20.7 Å². The van der Waals surface area contributed by atoms with E-state index in [-0.39, 0.29) is 28.2 Å². The zero-order valence-electron chi connectivity index (χ0n) is 23.2. The number of nitrogens with zero attached hydrogens (tertiary/aromatic N) is 5. The van der Waals surface area contributed by atoms with E-state index in [0.29, 0.717) is 35.7 Å². The van der Waals surface area contributed by atoms with Crippen LogP contribution in [0.25, 0.3) is 0 Å². The summed E-state index contributed by atoms with van der Waals surface area (Å²) in [6.07, 6.45) is -1.66. The van der Waals surface area contributed by atoms with Crippen molar-refractivity contribution in [2.24, 2.45) is 5.16 Å². The van der Waals surface area contributed by atoms with Crippen LogP contribution in [0.15, 0.2) is 51.8 Å². The number of aliphatic carboxylic acids is 2. The van der Waals surface area contributed by atoms with Gasteiger partial charge in [-0.05, 0) is 24.1 Å². The number of oxime groups is 1. The number of nitrogens with one attached hydrogen (secondary N) is 1. The lowest BCUT2D eigenvalue weighted by Gasteiger charge is -2.49. The number of carboxylic acids is 2. The van der Waals surface area contributed by atoms with Crippen molar-refractivity contribution in [1.82, 2.24) is 20.2 Å². The van der Waals surface area contributed by atoms with Crippen LogP contribution in [0.2, 0.25) is 0 Å². The molecule has 2 saturated heterocycles. The molecule has 5 rings (SSSR count). The monoisotopic (exact) mass is 685 g/mol. The highest BCUT2D eigenvalue weighted by molar-refractivity contribution is 8.00. The number of β-lactam (4-membered cyclic amide) rings is 1. The second-order valence-corrected chi connectivity index (χ2v) is 11.3. The minimum Gasteiger partial charge on any atom is -0.481 e. The fraction of sp³-hybridized carbons (Fsp3) is 0.280. The third kappa shape index (κ3) is 6.88. The van der Waals surface area contributed by atoms with E-state index in [2.05, 4.69) is 20.4 Å². The number of carbonyl (C=O) groups is 5. The normalized spacial score (nSPS) is 20.5. The number of aromatic nitrogens is 2. The van der Waals surface area contributed by atoms with Gasteiger partial charge in [0, 0.05) is 29.3 Å². The molecule has 0 radical (unpaired) electrons. The summed E-state index contributed by atoms with van der Waals surface area (Å²) in [5.41, 5.74) is 6.24. The molecule has 3 aliphatic rings. The zero-order valence-corrected chi connectivity index (χ0v) is 24.9. The molecule has 3 amide bonds. The van der Waals surface area contributed by atoms with Gasteiger partial charge in [-0.3, -0.25) is 19.3 Å². The van der Waals surface area contributed by atoms with Crippen LogP contribution in [0, 0.1) is 0 Å². The topological polar surface area (TPSA) is 238 Å². The highest BCUT2D eigenvalue weighted by Crippen LogP contribution is 2.41. The molecule has 5 heterocycles. The van der Waals surface area contributed by atoms with Crippen LogP contribution in [-0.4, -0.2) is 103 Å². The Morgan fingerprint density at radius 3 is 2.46 bits per heavy atom. The number of rotatable bonds is 7. The van der Waals surface area contributed by atoms with E-state index < -0.39 is 47.1 Å². The summed E-state index contributed by atoms with van der Waals surface area (Å²) >= 11 is 2.28. The van der Waals surface area contributed by atoms with Gasteiger partial charge in [-0.1, -0.05) is 5.16 Å². The van der Waals surface area contributed by atoms with Crippen LogP contribution >= 0.6 is 23.1 Å². The van der Waals surface area contributed by atoms with Gasteiger partial charge >= 0.3 is 18.1 Å². The minimum absolute atomic E-state index is 0.0400. The third-order valence-electron chi connectivity index (χ3n) is 6.52. The highest BCUT2D eigenvalue weighted by Gasteiger charge is 2.54. The van der Waals surface area contributed by atoms with Crippen molar-refractivity contribution >= 4 is 69.3 Å². The van der Waals surface area contributed by atoms with Gasteiger partial charge in [0.1, 0.15) is 22.8 Å². The first-order valence-corrected chi connectivity index (χ1v) is 14.6. The molecule has 2 fully saturated rings. The van der Waals surface area contributed by atoms with Crippen molar-refractivity contribution in [2.45, 2.75) is 24.0 Å². The zero-order chi connectivity index (χ0) is 33.9. The molecule has 2 atom stereocenters. The van der Waals surface area contributed by atoms with Crippen LogP contribution in [-0.2, 0) is 24.0 Å². The highest BCUT2D eigenvalue weighted by atomic mass is 32.2. The Kier molecular flexibility index (Phi) is 9.85. The molecule has 3 aliphatic heterocycles. The van der Waals surface area contributed by atoms with E-state index in [0.717, 1.165) is 16.2 Å². The molecule has 244 valence electrons. The van der Waals surface area contributed by atoms with Crippen LogP contribution in [0.3, 0.4) is 0 Å². The van der Waals surface area contributed by atoms with Gasteiger partial charge in [0.25, 0.3) is 17.7 Å². The maximum atomic E-state index is 13.1. The Hall–Kier alpha value is -5.18. The maximum absolute atomic E-state index is 13.1. The standard InChI is InChI=1S/C23H21N7O7S2.C2HF3O2/c1-37-14-3-2-12(7-25-14)29-5-4-10(19(29)32)6-11-8-38-21-16(20(33)30(21)17(11)22(34)35)27-18(31)15(28-36)13-9-39-23(24)26-13;3-2(4,5)1(6)7/h2-3,6-7,9,16,21,36H,4-5,8H2,1H3,(H2,24,26)(H,27,31)(H,34,35);(H,6,7)/t16-,21-;/m1./s1. The lowest BCUT2D eigenvalue weighted by Crippen LogP contribution is -2.71. The lowest BCUT2D eigenvalue weighted by atomic mass is 10.0. The van der Waals surface area contributed by atoms with Gasteiger partial charge in [-0.2, -0.15) is 13.2 Å². The molecule has 21 heteroatoms. The van der Waals surface area contributed by atoms with Gasteiger partial charge in [-0.25, -0.2) is 19.6 Å². The van der Waals surface area contributed by atoms with Crippen LogP contribution in [0.1, 0.15) is 12.1 Å². The van der Waals surface area contributed by atoms with Gasteiger partial charge < -0.3 is 36.1 Å². The molecule has 0 bridgehead atoms. The number of alkyl halides is 3. The van der Waals surface area contributed by atoms with Crippen molar-refractivity contribution in [3.8, 4) is 5.88 Å². The summed E-state index contributed by atoms with van der Waals surface area (Å²) in [5.74, 6) is -5.28. The fourth-order valence-corrected chi connectivity index (χ4v) is 6.28. The summed E-state index contributed by atoms with van der Waals surface area (Å²) in [5, 5.41) is 32.7. The van der Waals surface area contributed by atoms with E-state index in [1.165, 1.54) is 41.4 Å². The molecule has 0 saturated carbocycles. The Labute approximate surface area is 264 Å². The molecule has 0 aliphatic carbocycles. The maximum Gasteiger partial charge on any atom is 0.490 e. The van der Waals surface area contributed by atoms with Crippen LogP contribution in [0.5, 0.6) is 5.88 Å². The molecule has 2 aromatic rings. The number of fused-ring (bicyclic) bond motifs is 1. The quantitative estimate of drug-likeness (QED) is 0.0902. The van der Waals surface area contributed by atoms with Crippen molar-refractivity contribution in [2.75, 3.05) is 30.0 Å². The Morgan fingerprint density at radius 2 is 1.93 bits per heavy atom. The minimum atomic E-state index is -5.08. The number of hydrogen-bond donors (Lipinski definition) is 5. The van der Waals surface area contributed by atoms with Crippen molar-refractivity contribution in [1.29, 1.82) is 0 Å². The largest absolute Gasteiger partial charge is 0.490 e. The Morgan fingerprint density at radius 1 is 1.24 bits per heavy atom. The average molecular weight is 686 g/mol. The number of nitrogens with two attached hydrogens (primary N) is 1. The smallest absolute Gasteiger partial charge is 0.481 e. The van der Waals surface area contributed by atoms with Crippen LogP contribution in [0.4, 0.5) is 24.0 Å². The molecular formula is C25H22F3N7O9S2. The number of thiazole rings is 1. The van der Waals surface area contributed by atoms with E-state index in [9.17, 15) is 42.7 Å². The number of carboxylic acid groups (broad SMARTS) is 2. The first kappa shape index (κ1) is 33.7. The number of carbonyl (C=O) groups excluding carboxylic acids is 3. The summed E-state index contributed by atoms with van der Waals surface area (Å²) in [6.45, 7) is 0.389. The first-order chi connectivity index (χ1) is 21.7. The van der Waals surface area contributed by atoms with Crippen molar-refractivity contribution in [3.63, 3.8) is 0 Å². The van der Waals surface area contributed by atoms with Crippen molar-refractivity contribution in [3.05, 3.63) is 52.3 Å². The average Bonchev–Trinajstić information content (AvgIpc) is 3.60. The van der Waals surface area contributed by atoms with E-state index in [1.807, 2.05) is 0 Å². The summed E-state index contributed by atoms with van der Waals surface area (Å²) < 4.78 is 36.8. The van der Waals surface area contributed by atoms with Gasteiger partial charge in [0.2, 0.25) is 5.88 Å². The Bertz CT molecular complexity index is 1680. The summed E-state index contributed by atoms with van der Waals surface area (Å²) in [7, 11) is 1.49. The number of amides is 3. The predicted molar refractivity (Wildman–Crippen MR) is 154 cm³/mol. The number of nitrogen functional groups attached to an aromatic ring is 1. The van der Waals surface area contributed by atoms with Gasteiger partial charge in [-0.15, -0.1) is 23.1 Å². The molecule has 2 aromatic heterocycles. The molecular weight excluding hydrogens is 663 g/mol. The number of thioether (sulfide) groups is 1. The molecule has 46 heavy (non-hydrogen) atoms. The van der Waals surface area contributed by atoms with Gasteiger partial charge in [0.05, 0.1) is 19.0 Å². The number of allylic oxidation sites excluding steroid dienone is 1. The number of ether oxygens (including phenoxy) is 1. The molecule has 0 aromatic carbocycles. The van der Waals surface area contributed by atoms with E-state index >= 15 is 0 Å². The van der Waals surface area contributed by atoms with Gasteiger partial charge in [0.15, 0.2) is 10.8 Å². The molecule has 0 unspecified atom stereocenters. The number of hydrogen-bond acceptors (Lipinski definition) is 13. The summed E-state index contributed by atoms with van der Waals surface area (Å²) in [6, 6.07) is 2.30. The number of halogens is 3.